The first kappa shape index (κ1) is 16.5. The molecule has 0 aromatic heterocycles. The average molecular weight is 434 g/mol. The van der Waals surface area contributed by atoms with Gasteiger partial charge in [-0.15, -0.1) is 0 Å². The summed E-state index contributed by atoms with van der Waals surface area (Å²) in [6.45, 7) is 0. The smallest absolute Gasteiger partial charge is 0.175 e. The van der Waals surface area contributed by atoms with Gasteiger partial charge in [0.15, 0.2) is 9.84 Å². The van der Waals surface area contributed by atoms with E-state index < -0.39 is 9.84 Å². The lowest BCUT2D eigenvalue weighted by molar-refractivity contribution is 0.414. The van der Waals surface area contributed by atoms with Crippen LogP contribution >= 0.6 is 31.9 Å². The van der Waals surface area contributed by atoms with Gasteiger partial charge in [0.25, 0.3) is 0 Å². The zero-order valence-corrected chi connectivity index (χ0v) is 15.5. The molecule has 2 aromatic rings. The monoisotopic (exact) mass is 432 g/mol. The highest BCUT2D eigenvalue weighted by Gasteiger charge is 2.16. The molecule has 0 bridgehead atoms. The summed E-state index contributed by atoms with van der Waals surface area (Å²) in [6, 6.07) is 12.6. The molecule has 0 saturated heterocycles. The van der Waals surface area contributed by atoms with Gasteiger partial charge in [0.2, 0.25) is 0 Å². The second kappa shape index (κ2) is 6.50. The Morgan fingerprint density at radius 2 is 1.86 bits per heavy atom. The van der Waals surface area contributed by atoms with Crippen molar-refractivity contribution >= 4 is 41.7 Å². The molecule has 0 aliphatic carbocycles. The van der Waals surface area contributed by atoms with Crippen LogP contribution in [0.3, 0.4) is 0 Å². The van der Waals surface area contributed by atoms with Gasteiger partial charge in [-0.2, -0.15) is 0 Å². The van der Waals surface area contributed by atoms with Crippen molar-refractivity contribution in [2.24, 2.45) is 0 Å². The Bertz CT molecular complexity index is 757. The molecule has 1 unspecified atom stereocenters. The molecule has 6 heteroatoms. The molecule has 0 spiro atoms. The summed E-state index contributed by atoms with van der Waals surface area (Å²) in [4.78, 5) is 0.202. The minimum atomic E-state index is -3.21. The number of alkyl halides is 1. The maximum Gasteiger partial charge on any atom is 0.175 e. The van der Waals surface area contributed by atoms with Gasteiger partial charge in [0.05, 0.1) is 16.8 Å². The van der Waals surface area contributed by atoms with Crippen molar-refractivity contribution < 1.29 is 13.2 Å². The Morgan fingerprint density at radius 3 is 2.43 bits per heavy atom. The molecule has 3 nitrogen and oxygen atoms in total. The molecule has 0 aliphatic heterocycles. The summed E-state index contributed by atoms with van der Waals surface area (Å²) in [5.41, 5.74) is 1.88. The molecule has 0 fully saturated rings. The van der Waals surface area contributed by atoms with Crippen LogP contribution in [0.25, 0.3) is 0 Å². The van der Waals surface area contributed by atoms with Crippen LogP contribution < -0.4 is 4.74 Å². The van der Waals surface area contributed by atoms with Crippen LogP contribution in [0.1, 0.15) is 16.0 Å². The predicted octanol–water partition coefficient (Wildman–Crippen LogP) is 4.35. The highest BCUT2D eigenvalue weighted by molar-refractivity contribution is 9.11. The number of hydrogen-bond acceptors (Lipinski definition) is 3. The first-order valence-corrected chi connectivity index (χ1v) is 9.70. The largest absolute Gasteiger partial charge is 0.497 e. The van der Waals surface area contributed by atoms with E-state index in [9.17, 15) is 8.42 Å². The fourth-order valence-corrected chi connectivity index (χ4v) is 4.18. The van der Waals surface area contributed by atoms with Gasteiger partial charge in [0, 0.05) is 10.7 Å². The number of sulfone groups is 1. The Hall–Kier alpha value is -0.850. The SMILES string of the molecule is COc1ccc(C(Br)c2cccc(S(C)(=O)=O)c2)c(Br)c1. The molecule has 0 N–H and O–H groups in total. The van der Waals surface area contributed by atoms with Crippen LogP contribution in [0, 0.1) is 0 Å². The third-order valence-corrected chi connectivity index (χ3v) is 5.88. The van der Waals surface area contributed by atoms with Crippen LogP contribution in [-0.2, 0) is 9.84 Å². The van der Waals surface area contributed by atoms with Gasteiger partial charge in [0.1, 0.15) is 5.75 Å². The summed E-state index contributed by atoms with van der Waals surface area (Å²) < 4.78 is 29.4. The van der Waals surface area contributed by atoms with Crippen molar-refractivity contribution in [3.63, 3.8) is 0 Å². The number of benzene rings is 2. The lowest BCUT2D eigenvalue weighted by atomic mass is 10.0. The number of rotatable bonds is 4. The van der Waals surface area contributed by atoms with E-state index in [-0.39, 0.29) is 4.83 Å². The minimum Gasteiger partial charge on any atom is -0.497 e. The molecule has 0 heterocycles. The fraction of sp³-hybridized carbons (Fsp3) is 0.200. The summed E-state index contributed by atoms with van der Waals surface area (Å²) >= 11 is 7.14. The van der Waals surface area contributed by atoms with Gasteiger partial charge < -0.3 is 4.74 Å². The summed E-state index contributed by atoms with van der Waals surface area (Å²) in [5.74, 6) is 0.759. The van der Waals surface area contributed by atoms with E-state index in [0.29, 0.717) is 4.90 Å². The van der Waals surface area contributed by atoms with E-state index >= 15 is 0 Å². The topological polar surface area (TPSA) is 43.4 Å². The lowest BCUT2D eigenvalue weighted by Crippen LogP contribution is -2.00. The fourth-order valence-electron chi connectivity index (χ4n) is 1.92. The summed E-state index contributed by atoms with van der Waals surface area (Å²) in [7, 11) is -1.60. The van der Waals surface area contributed by atoms with Crippen LogP contribution in [0.4, 0.5) is 0 Å². The third kappa shape index (κ3) is 3.87. The van der Waals surface area contributed by atoms with Crippen LogP contribution in [0.15, 0.2) is 51.8 Å². The number of halogens is 2. The Balaban J connectivity index is 2.43. The number of hydrogen-bond donors (Lipinski definition) is 0. The van der Waals surface area contributed by atoms with Crippen molar-refractivity contribution in [2.75, 3.05) is 13.4 Å². The molecule has 0 amide bonds. The molecule has 0 aliphatic rings. The van der Waals surface area contributed by atoms with Gasteiger partial charge in [-0.25, -0.2) is 8.42 Å². The first-order chi connectivity index (χ1) is 9.82. The Kier molecular flexibility index (Phi) is 5.11. The summed E-state index contributed by atoms with van der Waals surface area (Å²) in [5, 5.41) is 0. The maximum atomic E-state index is 11.7. The number of methoxy groups -OCH3 is 1. The molecule has 2 rings (SSSR count). The predicted molar refractivity (Wildman–Crippen MR) is 91.0 cm³/mol. The van der Waals surface area contributed by atoms with E-state index in [1.165, 1.54) is 6.26 Å². The van der Waals surface area contributed by atoms with E-state index in [0.717, 1.165) is 21.3 Å². The molecule has 21 heavy (non-hydrogen) atoms. The van der Waals surface area contributed by atoms with Crippen molar-refractivity contribution in [3.8, 4) is 5.75 Å². The van der Waals surface area contributed by atoms with E-state index in [2.05, 4.69) is 31.9 Å². The zero-order valence-electron chi connectivity index (χ0n) is 11.5. The van der Waals surface area contributed by atoms with Crippen molar-refractivity contribution in [1.82, 2.24) is 0 Å². The first-order valence-electron chi connectivity index (χ1n) is 6.10. The van der Waals surface area contributed by atoms with Gasteiger partial charge in [-0.3, -0.25) is 0 Å². The van der Waals surface area contributed by atoms with E-state index in [1.54, 1.807) is 25.3 Å². The molecular weight excluding hydrogens is 420 g/mol. The quantitative estimate of drug-likeness (QED) is 0.673. The molecule has 1 atom stereocenters. The average Bonchev–Trinajstić information content (AvgIpc) is 2.45. The molecule has 112 valence electrons. The zero-order chi connectivity index (χ0) is 15.6. The second-order valence-corrected chi connectivity index (χ2v) is 8.38. The molecule has 0 saturated carbocycles. The maximum absolute atomic E-state index is 11.7. The van der Waals surface area contributed by atoms with E-state index in [1.807, 2.05) is 24.3 Å². The van der Waals surface area contributed by atoms with Crippen molar-refractivity contribution in [2.45, 2.75) is 9.72 Å². The standard InChI is InChI=1S/C15H14Br2O3S/c1-20-11-6-7-13(14(16)9-11)15(17)10-4-3-5-12(8-10)21(2,18)19/h3-9,15H,1-2H3. The Labute approximate surface area is 141 Å². The Morgan fingerprint density at radius 1 is 1.14 bits per heavy atom. The van der Waals surface area contributed by atoms with E-state index in [4.69, 9.17) is 4.74 Å². The highest BCUT2D eigenvalue weighted by atomic mass is 79.9. The van der Waals surface area contributed by atoms with Gasteiger partial charge >= 0.3 is 0 Å². The molecule has 0 radical (unpaired) electrons. The van der Waals surface area contributed by atoms with Gasteiger partial charge in [-0.05, 0) is 35.4 Å². The lowest BCUT2D eigenvalue weighted by Gasteiger charge is -2.14. The minimum absolute atomic E-state index is 0.112. The van der Waals surface area contributed by atoms with Crippen molar-refractivity contribution in [1.29, 1.82) is 0 Å². The molecular formula is C15H14Br2O3S. The van der Waals surface area contributed by atoms with Crippen LogP contribution in [0.5, 0.6) is 5.75 Å². The van der Waals surface area contributed by atoms with Crippen molar-refractivity contribution in [3.05, 3.63) is 58.1 Å². The normalized spacial score (nSPS) is 13.0. The second-order valence-electron chi connectivity index (χ2n) is 4.59. The summed E-state index contributed by atoms with van der Waals surface area (Å²) in [6.07, 6.45) is 1.21. The van der Waals surface area contributed by atoms with Crippen LogP contribution in [-0.4, -0.2) is 21.8 Å². The number of ether oxygens (including phenoxy) is 1. The highest BCUT2D eigenvalue weighted by Crippen LogP contribution is 2.37. The van der Waals surface area contributed by atoms with Gasteiger partial charge in [-0.1, -0.05) is 50.1 Å². The molecule has 2 aromatic carbocycles. The third-order valence-electron chi connectivity index (χ3n) is 3.06. The van der Waals surface area contributed by atoms with Crippen LogP contribution in [0.2, 0.25) is 0 Å².